The van der Waals surface area contributed by atoms with Crippen LogP contribution in [0.4, 0.5) is 10.1 Å². The molecule has 0 spiro atoms. The molecule has 1 amide bonds. The van der Waals surface area contributed by atoms with Crippen LogP contribution >= 0.6 is 0 Å². The highest BCUT2D eigenvalue weighted by Gasteiger charge is 2.34. The Labute approximate surface area is 180 Å². The van der Waals surface area contributed by atoms with Crippen LogP contribution in [0.5, 0.6) is 0 Å². The maximum absolute atomic E-state index is 13.3. The van der Waals surface area contributed by atoms with Crippen molar-refractivity contribution < 1.29 is 17.6 Å². The Bertz CT molecular complexity index is 1170. The van der Waals surface area contributed by atoms with Gasteiger partial charge in [0.2, 0.25) is 10.0 Å². The molecular formula is C23H22FN3O3S. The first kappa shape index (κ1) is 21.1. The Kier molecular flexibility index (Phi) is 6.11. The van der Waals surface area contributed by atoms with Gasteiger partial charge in [-0.05, 0) is 66.9 Å². The Morgan fingerprint density at radius 2 is 1.87 bits per heavy atom. The summed E-state index contributed by atoms with van der Waals surface area (Å²) in [4.78, 5) is 16.6. The van der Waals surface area contributed by atoms with Gasteiger partial charge in [0.25, 0.3) is 5.91 Å². The van der Waals surface area contributed by atoms with Crippen molar-refractivity contribution in [1.29, 1.82) is 0 Å². The van der Waals surface area contributed by atoms with Crippen molar-refractivity contribution in [3.8, 4) is 0 Å². The van der Waals surface area contributed by atoms with E-state index in [0.29, 0.717) is 12.2 Å². The minimum atomic E-state index is -3.72. The van der Waals surface area contributed by atoms with E-state index in [9.17, 15) is 17.6 Å². The molecular weight excluding hydrogens is 417 g/mol. The molecule has 0 radical (unpaired) electrons. The summed E-state index contributed by atoms with van der Waals surface area (Å²) in [5, 5.41) is 2.66. The number of hydrogen-bond donors (Lipinski definition) is 1. The standard InChI is InChI=1S/C23H22FN3O3S/c24-19-7-3-5-17(15-19)23(28)26-20-9-11-21(12-10-20)31(29,30)27-14-2-1-8-22(27)18-6-4-13-25-16-18/h3-7,9-13,15-16,22H,1-2,8,14H2,(H,26,28). The van der Waals surface area contributed by atoms with Crippen LogP contribution < -0.4 is 5.32 Å². The summed E-state index contributed by atoms with van der Waals surface area (Å²) < 4.78 is 41.5. The number of rotatable bonds is 5. The van der Waals surface area contributed by atoms with Gasteiger partial charge in [-0.25, -0.2) is 12.8 Å². The second kappa shape index (κ2) is 8.95. The van der Waals surface area contributed by atoms with Gasteiger partial charge >= 0.3 is 0 Å². The van der Waals surface area contributed by atoms with Gasteiger partial charge in [0, 0.05) is 30.2 Å². The first-order valence-electron chi connectivity index (χ1n) is 10.0. The van der Waals surface area contributed by atoms with E-state index < -0.39 is 21.7 Å². The minimum absolute atomic E-state index is 0.159. The summed E-state index contributed by atoms with van der Waals surface area (Å²) in [6, 6.07) is 14.8. The lowest BCUT2D eigenvalue weighted by Gasteiger charge is -2.34. The van der Waals surface area contributed by atoms with E-state index in [4.69, 9.17) is 0 Å². The molecule has 4 rings (SSSR count). The number of carbonyl (C=O) groups is 1. The van der Waals surface area contributed by atoms with Crippen molar-refractivity contribution in [2.75, 3.05) is 11.9 Å². The van der Waals surface area contributed by atoms with E-state index in [1.807, 2.05) is 12.1 Å². The maximum Gasteiger partial charge on any atom is 0.255 e. The molecule has 1 saturated heterocycles. The van der Waals surface area contributed by atoms with Crippen LogP contribution in [0.1, 0.15) is 41.2 Å². The van der Waals surface area contributed by atoms with Crippen LogP contribution in [0.2, 0.25) is 0 Å². The quantitative estimate of drug-likeness (QED) is 0.640. The van der Waals surface area contributed by atoms with E-state index in [0.717, 1.165) is 30.9 Å². The number of anilines is 1. The molecule has 1 N–H and O–H groups in total. The number of benzene rings is 2. The number of hydrogen-bond acceptors (Lipinski definition) is 4. The molecule has 1 aliphatic rings. The average molecular weight is 440 g/mol. The van der Waals surface area contributed by atoms with E-state index in [1.54, 1.807) is 12.4 Å². The Morgan fingerprint density at radius 3 is 2.58 bits per heavy atom. The number of halogens is 1. The normalized spacial score (nSPS) is 17.3. The third kappa shape index (κ3) is 4.65. The van der Waals surface area contributed by atoms with E-state index in [1.165, 1.54) is 46.8 Å². The third-order valence-electron chi connectivity index (χ3n) is 5.33. The van der Waals surface area contributed by atoms with Gasteiger partial charge in [-0.2, -0.15) is 4.31 Å². The van der Waals surface area contributed by atoms with E-state index in [2.05, 4.69) is 10.3 Å². The summed E-state index contributed by atoms with van der Waals surface area (Å²) in [5.41, 5.74) is 1.49. The molecule has 1 unspecified atom stereocenters. The predicted octanol–water partition coefficient (Wildman–Crippen LogP) is 4.39. The van der Waals surface area contributed by atoms with Gasteiger partial charge in [0.05, 0.1) is 10.9 Å². The molecule has 160 valence electrons. The summed E-state index contributed by atoms with van der Waals surface area (Å²) in [6.07, 6.45) is 5.88. The topological polar surface area (TPSA) is 79.4 Å². The van der Waals surface area contributed by atoms with Gasteiger partial charge in [0.15, 0.2) is 0 Å². The van der Waals surface area contributed by atoms with Gasteiger partial charge in [0.1, 0.15) is 5.82 Å². The molecule has 0 aliphatic carbocycles. The summed E-state index contributed by atoms with van der Waals surface area (Å²) in [6.45, 7) is 0.444. The highest BCUT2D eigenvalue weighted by Crippen LogP contribution is 2.35. The van der Waals surface area contributed by atoms with Crippen molar-refractivity contribution >= 4 is 21.6 Å². The molecule has 6 nitrogen and oxygen atoms in total. The smallest absolute Gasteiger partial charge is 0.255 e. The SMILES string of the molecule is O=C(Nc1ccc(S(=O)(=O)N2CCCCC2c2cccnc2)cc1)c1cccc(F)c1. The minimum Gasteiger partial charge on any atom is -0.322 e. The van der Waals surface area contributed by atoms with E-state index in [-0.39, 0.29) is 16.5 Å². The van der Waals surface area contributed by atoms with Crippen LogP contribution in [0.3, 0.4) is 0 Å². The second-order valence-corrected chi connectivity index (χ2v) is 9.29. The number of nitrogens with one attached hydrogen (secondary N) is 1. The number of nitrogens with zero attached hydrogens (tertiary/aromatic N) is 2. The fourth-order valence-corrected chi connectivity index (χ4v) is 5.46. The van der Waals surface area contributed by atoms with Crippen molar-refractivity contribution in [1.82, 2.24) is 9.29 Å². The fourth-order valence-electron chi connectivity index (χ4n) is 3.78. The molecule has 3 aromatic rings. The molecule has 1 aromatic heterocycles. The van der Waals surface area contributed by atoms with Crippen molar-refractivity contribution in [3.63, 3.8) is 0 Å². The zero-order valence-corrected chi connectivity index (χ0v) is 17.6. The Morgan fingerprint density at radius 1 is 1.06 bits per heavy atom. The molecule has 0 saturated carbocycles. The molecule has 8 heteroatoms. The van der Waals surface area contributed by atoms with Crippen LogP contribution in [-0.4, -0.2) is 30.2 Å². The first-order chi connectivity index (χ1) is 14.9. The molecule has 1 fully saturated rings. The highest BCUT2D eigenvalue weighted by atomic mass is 32.2. The van der Waals surface area contributed by atoms with Gasteiger partial charge in [-0.1, -0.05) is 18.6 Å². The Balaban J connectivity index is 1.54. The van der Waals surface area contributed by atoms with Crippen LogP contribution in [0, 0.1) is 5.82 Å². The monoisotopic (exact) mass is 439 g/mol. The predicted molar refractivity (Wildman–Crippen MR) is 116 cm³/mol. The maximum atomic E-state index is 13.3. The fraction of sp³-hybridized carbons (Fsp3) is 0.217. The van der Waals surface area contributed by atoms with Crippen molar-refractivity contribution in [2.45, 2.75) is 30.2 Å². The largest absolute Gasteiger partial charge is 0.322 e. The number of sulfonamides is 1. The van der Waals surface area contributed by atoms with Gasteiger partial charge in [-0.15, -0.1) is 0 Å². The number of amides is 1. The number of carbonyl (C=O) groups excluding carboxylic acids is 1. The van der Waals surface area contributed by atoms with Crippen LogP contribution in [0.25, 0.3) is 0 Å². The van der Waals surface area contributed by atoms with Gasteiger partial charge in [-0.3, -0.25) is 9.78 Å². The molecule has 2 aromatic carbocycles. The highest BCUT2D eigenvalue weighted by molar-refractivity contribution is 7.89. The lowest BCUT2D eigenvalue weighted by Crippen LogP contribution is -2.38. The molecule has 0 bridgehead atoms. The van der Waals surface area contributed by atoms with Crippen molar-refractivity contribution in [2.24, 2.45) is 0 Å². The summed E-state index contributed by atoms with van der Waals surface area (Å²) in [7, 11) is -3.72. The zero-order valence-electron chi connectivity index (χ0n) is 16.7. The zero-order chi connectivity index (χ0) is 21.8. The number of pyridine rings is 1. The molecule has 31 heavy (non-hydrogen) atoms. The second-order valence-electron chi connectivity index (χ2n) is 7.40. The molecule has 1 atom stereocenters. The van der Waals surface area contributed by atoms with Gasteiger partial charge < -0.3 is 5.32 Å². The van der Waals surface area contributed by atoms with E-state index >= 15 is 0 Å². The molecule has 1 aliphatic heterocycles. The molecule has 2 heterocycles. The first-order valence-corrected chi connectivity index (χ1v) is 11.5. The van der Waals surface area contributed by atoms with Crippen LogP contribution in [-0.2, 0) is 10.0 Å². The van der Waals surface area contributed by atoms with Crippen LogP contribution in [0.15, 0.2) is 78.0 Å². The lowest BCUT2D eigenvalue weighted by molar-refractivity contribution is 0.102. The average Bonchev–Trinajstić information content (AvgIpc) is 2.80. The summed E-state index contributed by atoms with van der Waals surface area (Å²) in [5.74, 6) is -0.971. The summed E-state index contributed by atoms with van der Waals surface area (Å²) >= 11 is 0. The van der Waals surface area contributed by atoms with Crippen molar-refractivity contribution in [3.05, 3.63) is 90.0 Å². The Hall–Kier alpha value is -3.10. The third-order valence-corrected chi connectivity index (χ3v) is 7.25. The number of piperidine rings is 1. The lowest BCUT2D eigenvalue weighted by atomic mass is 9.99. The number of aromatic nitrogens is 1.